The molecule has 6 fully saturated rings. The number of carboxylic acid groups (broad SMARTS) is 1. The van der Waals surface area contributed by atoms with E-state index in [4.69, 9.17) is 14.2 Å². The Kier molecular flexibility index (Phi) is 11.6. The number of hydrogen-bond donors (Lipinski definition) is 3. The Labute approximate surface area is 400 Å². The summed E-state index contributed by atoms with van der Waals surface area (Å²) in [6.07, 6.45) is 6.28. The van der Waals surface area contributed by atoms with Crippen LogP contribution in [-0.2, 0) is 33.4 Å². The standard InChI is InChI=1S/C54H72N4O10/c1-11-67-47(65)58-36(26-35(57-58)31-15-13-12-14-16-31)43(60)55-54(28-66-29-54)46(64)56-53-24-23-51(9)32(42(53)41(30(2)3)37(59)27-53)17-18-39-50(8)21-20-40(49(6,7)38(50)19-22-52(39,51)10)68-45(63)34-25-33(44(61)62)48(34,4)5/h12-16,26,30,32-34,38-40H,11,17-25,27-29H2,1-10H3,(H,55,60)(H,56,64)(H,61,62)/t32-,33+,34-,38+,39-,40+,50+,51-,52-,53-/m1/s1. The first-order valence-corrected chi connectivity index (χ1v) is 25.2. The SMILES string of the molecule is CCOC(=O)n1nc(-c2ccccc2)cc1C(=O)NC1(C(=O)N[C@@]23CC[C@]4(C)[C@H](CC[C@@H]5[C@@]6(C)CC[C@H](OC(=O)[C@H]7C[C@@H](C(=O)O)C7(C)C)C(C)(C)[C@@H]6CC[C@]54C)C2=C(C(C)C)C(=O)C3)COC1. The summed E-state index contributed by atoms with van der Waals surface area (Å²) in [5.41, 5.74) is -0.711. The first-order valence-electron chi connectivity index (χ1n) is 25.2. The summed E-state index contributed by atoms with van der Waals surface area (Å²) >= 11 is 0. The van der Waals surface area contributed by atoms with E-state index in [1.165, 1.54) is 6.07 Å². The fourth-order valence-electron chi connectivity index (χ4n) is 15.7. The molecule has 368 valence electrons. The molecule has 1 aromatic heterocycles. The van der Waals surface area contributed by atoms with Crippen LogP contribution < -0.4 is 10.6 Å². The minimum atomic E-state index is -1.45. The minimum Gasteiger partial charge on any atom is -0.481 e. The molecule has 5 saturated carbocycles. The van der Waals surface area contributed by atoms with Gasteiger partial charge in [-0.3, -0.25) is 24.0 Å². The molecule has 0 radical (unpaired) electrons. The van der Waals surface area contributed by atoms with E-state index in [9.17, 15) is 33.9 Å². The lowest BCUT2D eigenvalue weighted by atomic mass is 9.33. The number of carboxylic acids is 1. The maximum absolute atomic E-state index is 15.0. The topological polar surface area (TPSA) is 192 Å². The van der Waals surface area contributed by atoms with Crippen LogP contribution in [0.3, 0.4) is 0 Å². The summed E-state index contributed by atoms with van der Waals surface area (Å²) in [6, 6.07) is 10.7. The average molecular weight is 937 g/mol. The van der Waals surface area contributed by atoms with Crippen molar-refractivity contribution in [1.82, 2.24) is 20.4 Å². The summed E-state index contributed by atoms with van der Waals surface area (Å²) in [6.45, 7) is 21.5. The van der Waals surface area contributed by atoms with Gasteiger partial charge in [-0.05, 0) is 127 Å². The number of amides is 2. The number of aliphatic carboxylic acids is 1. The van der Waals surface area contributed by atoms with Crippen LogP contribution in [0.1, 0.15) is 144 Å². The van der Waals surface area contributed by atoms with Gasteiger partial charge in [0, 0.05) is 17.4 Å². The van der Waals surface area contributed by atoms with Crippen molar-refractivity contribution >= 4 is 35.6 Å². The molecule has 14 heteroatoms. The number of ketones is 1. The molecule has 1 aliphatic heterocycles. The van der Waals surface area contributed by atoms with Crippen molar-refractivity contribution < 1.29 is 48.1 Å². The van der Waals surface area contributed by atoms with Crippen LogP contribution in [0.4, 0.5) is 4.79 Å². The second-order valence-corrected chi connectivity index (χ2v) is 23.9. The summed E-state index contributed by atoms with van der Waals surface area (Å²) in [5, 5.41) is 20.5. The summed E-state index contributed by atoms with van der Waals surface area (Å²) < 4.78 is 18.3. The third-order valence-electron chi connectivity index (χ3n) is 19.8. The van der Waals surface area contributed by atoms with Gasteiger partial charge in [0.15, 0.2) is 11.3 Å². The van der Waals surface area contributed by atoms with Crippen LogP contribution in [0.2, 0.25) is 0 Å². The Hall–Kier alpha value is -4.85. The molecule has 2 amide bonds. The third-order valence-corrected chi connectivity index (χ3v) is 19.8. The predicted octanol–water partition coefficient (Wildman–Crippen LogP) is 8.56. The Morgan fingerprint density at radius 1 is 0.853 bits per heavy atom. The Bertz CT molecular complexity index is 2470. The molecular weight excluding hydrogens is 865 g/mol. The number of fused-ring (bicyclic) bond motifs is 7. The number of carbonyl (C=O) groups is 6. The third kappa shape index (κ3) is 6.97. The minimum absolute atomic E-state index is 0.0274. The van der Waals surface area contributed by atoms with Crippen LogP contribution in [0, 0.1) is 62.6 Å². The first kappa shape index (κ1) is 48.2. The van der Waals surface area contributed by atoms with Crippen LogP contribution in [0.15, 0.2) is 47.5 Å². The van der Waals surface area contributed by atoms with Crippen LogP contribution in [0.25, 0.3) is 11.3 Å². The van der Waals surface area contributed by atoms with E-state index < -0.39 is 52.2 Å². The van der Waals surface area contributed by atoms with Crippen molar-refractivity contribution in [2.75, 3.05) is 19.8 Å². The van der Waals surface area contributed by atoms with Crippen molar-refractivity contribution in [1.29, 1.82) is 0 Å². The number of hydrogen-bond acceptors (Lipinski definition) is 10. The zero-order valence-electron chi connectivity index (χ0n) is 41.7. The predicted molar refractivity (Wildman–Crippen MR) is 252 cm³/mol. The van der Waals surface area contributed by atoms with E-state index in [1.54, 1.807) is 6.92 Å². The molecule has 7 aliphatic rings. The van der Waals surface area contributed by atoms with Gasteiger partial charge in [0.05, 0.1) is 42.9 Å². The highest BCUT2D eigenvalue weighted by molar-refractivity contribution is 6.04. The molecule has 9 rings (SSSR count). The first-order chi connectivity index (χ1) is 31.9. The Morgan fingerprint density at radius 2 is 1.56 bits per heavy atom. The molecule has 0 unspecified atom stereocenters. The average Bonchev–Trinajstić information content (AvgIpc) is 3.83. The number of nitrogens with one attached hydrogen (secondary N) is 2. The number of ether oxygens (including phenoxy) is 3. The quantitative estimate of drug-likeness (QED) is 0.193. The maximum Gasteiger partial charge on any atom is 0.435 e. The second kappa shape index (κ2) is 16.4. The van der Waals surface area contributed by atoms with Crippen LogP contribution >= 0.6 is 0 Å². The van der Waals surface area contributed by atoms with Gasteiger partial charge < -0.3 is 30.0 Å². The van der Waals surface area contributed by atoms with Crippen LogP contribution in [0.5, 0.6) is 0 Å². The number of nitrogens with zero attached hydrogens (tertiary/aromatic N) is 2. The molecule has 0 spiro atoms. The van der Waals surface area contributed by atoms with Crippen molar-refractivity contribution in [2.45, 2.75) is 151 Å². The maximum atomic E-state index is 15.0. The lowest BCUT2D eigenvalue weighted by Crippen LogP contribution is -2.73. The van der Waals surface area contributed by atoms with Crippen molar-refractivity contribution in [2.24, 2.45) is 62.6 Å². The summed E-state index contributed by atoms with van der Waals surface area (Å²) in [7, 11) is 0. The fraction of sp³-hybridized carbons (Fsp3) is 0.685. The van der Waals surface area contributed by atoms with Gasteiger partial charge in [-0.15, -0.1) is 0 Å². The van der Waals surface area contributed by atoms with E-state index >= 15 is 0 Å². The van der Waals surface area contributed by atoms with Gasteiger partial charge in [-0.1, -0.05) is 92.6 Å². The smallest absolute Gasteiger partial charge is 0.435 e. The number of rotatable bonds is 10. The Balaban J connectivity index is 0.966. The van der Waals surface area contributed by atoms with E-state index in [-0.39, 0.29) is 83.3 Å². The van der Waals surface area contributed by atoms with Gasteiger partial charge in [-0.2, -0.15) is 9.78 Å². The molecular formula is C54H72N4O10. The van der Waals surface area contributed by atoms with Gasteiger partial charge in [0.25, 0.3) is 11.8 Å². The van der Waals surface area contributed by atoms with E-state index in [0.29, 0.717) is 35.9 Å². The number of carbonyl (C=O) groups excluding carboxylic acids is 5. The lowest BCUT2D eigenvalue weighted by molar-refractivity contribution is -0.235. The highest BCUT2D eigenvalue weighted by Crippen LogP contribution is 2.76. The molecule has 1 aromatic carbocycles. The van der Waals surface area contributed by atoms with Crippen molar-refractivity contribution in [3.8, 4) is 11.3 Å². The molecule has 68 heavy (non-hydrogen) atoms. The lowest BCUT2D eigenvalue weighted by Gasteiger charge is -2.72. The van der Waals surface area contributed by atoms with Crippen molar-refractivity contribution in [3.05, 3.63) is 53.2 Å². The molecule has 0 bridgehead atoms. The summed E-state index contributed by atoms with van der Waals surface area (Å²) in [4.78, 5) is 82.3. The molecule has 3 N–H and O–H groups in total. The largest absolute Gasteiger partial charge is 0.481 e. The molecule has 2 aromatic rings. The molecule has 14 nitrogen and oxygen atoms in total. The Morgan fingerprint density at radius 3 is 2.18 bits per heavy atom. The summed E-state index contributed by atoms with van der Waals surface area (Å²) in [5.74, 6) is -2.46. The number of aromatic nitrogens is 2. The van der Waals surface area contributed by atoms with Crippen LogP contribution in [-0.4, -0.2) is 87.5 Å². The highest BCUT2D eigenvalue weighted by Gasteiger charge is 2.71. The zero-order valence-corrected chi connectivity index (χ0v) is 41.7. The van der Waals surface area contributed by atoms with Crippen molar-refractivity contribution in [3.63, 3.8) is 0 Å². The highest BCUT2D eigenvalue weighted by atomic mass is 16.6. The van der Waals surface area contributed by atoms with E-state index in [2.05, 4.69) is 64.2 Å². The zero-order chi connectivity index (χ0) is 49.1. The molecule has 2 heterocycles. The van der Waals surface area contributed by atoms with Gasteiger partial charge >= 0.3 is 18.0 Å². The van der Waals surface area contributed by atoms with E-state index in [1.807, 2.05) is 44.2 Å². The monoisotopic (exact) mass is 937 g/mol. The second-order valence-electron chi connectivity index (χ2n) is 23.9. The normalized spacial score (nSPS) is 36.1. The number of Topliss-reactive ketones (excluding diaryl/α,β-unsaturated/α-hetero) is 1. The number of benzene rings is 1. The molecule has 6 aliphatic carbocycles. The van der Waals surface area contributed by atoms with Gasteiger partial charge in [0.1, 0.15) is 11.8 Å². The fourth-order valence-corrected chi connectivity index (χ4v) is 15.7. The molecule has 1 saturated heterocycles. The molecule has 10 atom stereocenters. The van der Waals surface area contributed by atoms with Gasteiger partial charge in [-0.25, -0.2) is 4.79 Å². The van der Waals surface area contributed by atoms with E-state index in [0.717, 1.165) is 60.8 Å². The number of esters is 1. The van der Waals surface area contributed by atoms with Gasteiger partial charge in [0.2, 0.25) is 0 Å². The number of allylic oxidation sites excluding steroid dienone is 1.